The third-order valence-electron chi connectivity index (χ3n) is 5.18. The van der Waals surface area contributed by atoms with Crippen LogP contribution < -0.4 is 10.1 Å². The van der Waals surface area contributed by atoms with Crippen molar-refractivity contribution in [1.82, 2.24) is 0 Å². The molecule has 0 aliphatic carbocycles. The lowest BCUT2D eigenvalue weighted by Crippen LogP contribution is -2.91. The van der Waals surface area contributed by atoms with Gasteiger partial charge in [-0.1, -0.05) is 30.3 Å². The van der Waals surface area contributed by atoms with Crippen LogP contribution in [-0.2, 0) is 17.7 Å². The molecule has 0 aromatic heterocycles. The molecule has 1 fully saturated rings. The second-order valence-corrected chi connectivity index (χ2v) is 7.68. The summed E-state index contributed by atoms with van der Waals surface area (Å²) in [5, 5.41) is 2.50. The molecule has 0 amide bonds. The van der Waals surface area contributed by atoms with Gasteiger partial charge in [-0.25, -0.2) is 0 Å². The number of rotatable bonds is 6. The molecule has 2 N–H and O–H groups in total. The molecule has 2 aromatic rings. The Hall–Kier alpha value is -1.84. The van der Waals surface area contributed by atoms with Crippen LogP contribution in [0.3, 0.4) is 0 Å². The Labute approximate surface area is 151 Å². The summed E-state index contributed by atoms with van der Waals surface area (Å²) in [6.45, 7) is 6.25. The molecule has 2 aromatic carbocycles. The first kappa shape index (κ1) is 18.0. The lowest BCUT2D eigenvalue weighted by Gasteiger charge is -2.39. The molecule has 3 rings (SSSR count). The largest absolute Gasteiger partial charge is 0.497 e. The number of methoxy groups -OCH3 is 1. The van der Waals surface area contributed by atoms with Crippen molar-refractivity contribution in [1.29, 1.82) is 0 Å². The molecular formula is C22H30NO2+. The standard InChI is InChI=1S/C22H29NO2/c1-22(2)14-21(23-15-18-9-11-20(24-3)12-10-18)19(16-25-22)13-17-7-5-4-6-8-17/h4-12,19,21,23H,13-16H2,1-3H3/p+1/t19-,21+/m1/s1. The molecule has 1 aliphatic heterocycles. The van der Waals surface area contributed by atoms with Gasteiger partial charge in [0.15, 0.2) is 0 Å². The highest BCUT2D eigenvalue weighted by Crippen LogP contribution is 2.28. The van der Waals surface area contributed by atoms with Crippen molar-refractivity contribution in [3.63, 3.8) is 0 Å². The Morgan fingerprint density at radius 1 is 1.04 bits per heavy atom. The molecule has 0 unspecified atom stereocenters. The van der Waals surface area contributed by atoms with Crippen LogP contribution in [0.5, 0.6) is 5.75 Å². The molecule has 3 heteroatoms. The first-order valence-corrected chi connectivity index (χ1v) is 9.20. The molecule has 0 bridgehead atoms. The van der Waals surface area contributed by atoms with Gasteiger partial charge in [0.05, 0.1) is 25.4 Å². The molecule has 25 heavy (non-hydrogen) atoms. The smallest absolute Gasteiger partial charge is 0.118 e. The van der Waals surface area contributed by atoms with Gasteiger partial charge in [-0.05, 0) is 50.1 Å². The summed E-state index contributed by atoms with van der Waals surface area (Å²) in [4.78, 5) is 0. The summed E-state index contributed by atoms with van der Waals surface area (Å²) >= 11 is 0. The zero-order valence-electron chi connectivity index (χ0n) is 15.6. The molecule has 1 saturated heterocycles. The summed E-state index contributed by atoms with van der Waals surface area (Å²) in [5.41, 5.74) is 2.70. The van der Waals surface area contributed by atoms with Crippen molar-refractivity contribution in [2.75, 3.05) is 13.7 Å². The van der Waals surface area contributed by atoms with Gasteiger partial charge in [-0.2, -0.15) is 0 Å². The van der Waals surface area contributed by atoms with E-state index >= 15 is 0 Å². The van der Waals surface area contributed by atoms with Gasteiger partial charge in [-0.3, -0.25) is 0 Å². The molecule has 3 nitrogen and oxygen atoms in total. The van der Waals surface area contributed by atoms with E-state index < -0.39 is 0 Å². The number of benzene rings is 2. The van der Waals surface area contributed by atoms with E-state index in [4.69, 9.17) is 9.47 Å². The maximum atomic E-state index is 6.13. The fourth-order valence-electron chi connectivity index (χ4n) is 3.70. The minimum atomic E-state index is -0.0335. The number of hydrogen-bond acceptors (Lipinski definition) is 2. The molecular weight excluding hydrogens is 310 g/mol. The van der Waals surface area contributed by atoms with Crippen LogP contribution in [0.4, 0.5) is 0 Å². The first-order chi connectivity index (χ1) is 12.1. The van der Waals surface area contributed by atoms with Crippen LogP contribution in [0.15, 0.2) is 54.6 Å². The second-order valence-electron chi connectivity index (χ2n) is 7.68. The van der Waals surface area contributed by atoms with Crippen molar-refractivity contribution in [2.45, 2.75) is 44.9 Å². The van der Waals surface area contributed by atoms with E-state index in [2.05, 4.69) is 61.6 Å². The fourth-order valence-corrected chi connectivity index (χ4v) is 3.70. The highest BCUT2D eigenvalue weighted by molar-refractivity contribution is 5.26. The van der Waals surface area contributed by atoms with Crippen molar-refractivity contribution < 1.29 is 14.8 Å². The van der Waals surface area contributed by atoms with E-state index in [1.54, 1.807) is 7.11 Å². The zero-order chi connectivity index (χ0) is 17.7. The Kier molecular flexibility index (Phi) is 5.77. The van der Waals surface area contributed by atoms with E-state index in [1.165, 1.54) is 11.1 Å². The van der Waals surface area contributed by atoms with Crippen molar-refractivity contribution in [3.05, 3.63) is 65.7 Å². The number of hydrogen-bond donors (Lipinski definition) is 1. The zero-order valence-corrected chi connectivity index (χ0v) is 15.6. The fraction of sp³-hybridized carbons (Fsp3) is 0.455. The maximum Gasteiger partial charge on any atom is 0.118 e. The second kappa shape index (κ2) is 8.03. The van der Waals surface area contributed by atoms with Gasteiger partial charge in [0.1, 0.15) is 12.3 Å². The van der Waals surface area contributed by atoms with Gasteiger partial charge >= 0.3 is 0 Å². The normalized spacial score (nSPS) is 22.5. The predicted molar refractivity (Wildman–Crippen MR) is 101 cm³/mol. The number of ether oxygens (including phenoxy) is 2. The van der Waals surface area contributed by atoms with Gasteiger partial charge in [0, 0.05) is 17.9 Å². The Morgan fingerprint density at radius 3 is 2.44 bits per heavy atom. The van der Waals surface area contributed by atoms with E-state index in [-0.39, 0.29) is 5.60 Å². The lowest BCUT2D eigenvalue weighted by atomic mass is 9.83. The van der Waals surface area contributed by atoms with E-state index in [0.29, 0.717) is 12.0 Å². The van der Waals surface area contributed by atoms with Crippen LogP contribution in [0, 0.1) is 5.92 Å². The van der Waals surface area contributed by atoms with Gasteiger partial charge in [0.25, 0.3) is 0 Å². The molecule has 1 heterocycles. The minimum absolute atomic E-state index is 0.0335. The van der Waals surface area contributed by atoms with Crippen LogP contribution in [0.25, 0.3) is 0 Å². The monoisotopic (exact) mass is 340 g/mol. The van der Waals surface area contributed by atoms with Crippen molar-refractivity contribution >= 4 is 0 Å². The summed E-state index contributed by atoms with van der Waals surface area (Å²) in [5.74, 6) is 1.46. The third kappa shape index (κ3) is 5.07. The first-order valence-electron chi connectivity index (χ1n) is 9.20. The Morgan fingerprint density at radius 2 is 1.76 bits per heavy atom. The Balaban J connectivity index is 1.65. The molecule has 0 spiro atoms. The summed E-state index contributed by atoms with van der Waals surface area (Å²) < 4.78 is 11.4. The third-order valence-corrected chi connectivity index (χ3v) is 5.18. The number of nitrogens with two attached hydrogens (primary N) is 1. The molecule has 0 saturated carbocycles. The van der Waals surface area contributed by atoms with Gasteiger partial charge in [-0.15, -0.1) is 0 Å². The highest BCUT2D eigenvalue weighted by Gasteiger charge is 2.37. The summed E-state index contributed by atoms with van der Waals surface area (Å²) in [6.07, 6.45) is 2.17. The van der Waals surface area contributed by atoms with Crippen LogP contribution in [0.2, 0.25) is 0 Å². The lowest BCUT2D eigenvalue weighted by molar-refractivity contribution is -0.716. The highest BCUT2D eigenvalue weighted by atomic mass is 16.5. The van der Waals surface area contributed by atoms with Crippen LogP contribution in [-0.4, -0.2) is 25.4 Å². The SMILES string of the molecule is COc1ccc(C[NH2+][C@H]2CC(C)(C)OC[C@H]2Cc2ccccc2)cc1. The minimum Gasteiger partial charge on any atom is -0.497 e. The average molecular weight is 340 g/mol. The van der Waals surface area contributed by atoms with Crippen LogP contribution in [0.1, 0.15) is 31.4 Å². The van der Waals surface area contributed by atoms with E-state index in [9.17, 15) is 0 Å². The number of quaternary nitrogens is 1. The van der Waals surface area contributed by atoms with Gasteiger partial charge in [0.2, 0.25) is 0 Å². The molecule has 1 aliphatic rings. The summed E-state index contributed by atoms with van der Waals surface area (Å²) in [7, 11) is 1.71. The summed E-state index contributed by atoms with van der Waals surface area (Å²) in [6, 6.07) is 19.7. The van der Waals surface area contributed by atoms with E-state index in [1.807, 2.05) is 12.1 Å². The molecule has 2 atom stereocenters. The molecule has 0 radical (unpaired) electrons. The van der Waals surface area contributed by atoms with Gasteiger partial charge < -0.3 is 14.8 Å². The van der Waals surface area contributed by atoms with Crippen molar-refractivity contribution in [3.8, 4) is 5.75 Å². The molecule has 134 valence electrons. The topological polar surface area (TPSA) is 35.1 Å². The van der Waals surface area contributed by atoms with Crippen molar-refractivity contribution in [2.24, 2.45) is 5.92 Å². The maximum absolute atomic E-state index is 6.13. The average Bonchev–Trinajstić information content (AvgIpc) is 2.63. The Bertz CT molecular complexity index is 651. The quantitative estimate of drug-likeness (QED) is 0.876. The van der Waals surface area contributed by atoms with E-state index in [0.717, 1.165) is 31.7 Å². The van der Waals surface area contributed by atoms with Crippen LogP contribution >= 0.6 is 0 Å². The predicted octanol–water partition coefficient (Wildman–Crippen LogP) is 3.19.